The minimum Gasteiger partial charge on any atom is -0.289 e. The van der Waals surface area contributed by atoms with Crippen molar-refractivity contribution < 1.29 is 4.79 Å². The maximum Gasteiger partial charge on any atom is 0.335 e. The molecule has 0 unspecified atom stereocenters. The van der Waals surface area contributed by atoms with Gasteiger partial charge in [-0.15, -0.1) is 0 Å². The van der Waals surface area contributed by atoms with Gasteiger partial charge in [-0.1, -0.05) is 44.2 Å². The smallest absolute Gasteiger partial charge is 0.289 e. The number of carbonyl (C=O) groups excluding carboxylic acids is 1. The Morgan fingerprint density at radius 1 is 1.19 bits per heavy atom. The van der Waals surface area contributed by atoms with Gasteiger partial charge in [0.25, 0.3) is 0 Å². The van der Waals surface area contributed by atoms with E-state index in [1.165, 1.54) is 4.57 Å². The zero-order valence-electron chi connectivity index (χ0n) is 13.1. The average molecular weight is 286 g/mol. The van der Waals surface area contributed by atoms with Crippen LogP contribution in [0.4, 0.5) is 0 Å². The third kappa shape index (κ3) is 2.58. The molecule has 1 heterocycles. The normalized spacial score (nSPS) is 12.4. The SMILES string of the molecule is CCC(=O)n1c(CC)c(C)n([C@@H](C)c2ccccc2)c1=O. The zero-order valence-corrected chi connectivity index (χ0v) is 13.1. The summed E-state index contributed by atoms with van der Waals surface area (Å²) in [7, 11) is 0. The van der Waals surface area contributed by atoms with E-state index >= 15 is 0 Å². The minimum atomic E-state index is -0.229. The van der Waals surface area contributed by atoms with Crippen LogP contribution in [0, 0.1) is 6.92 Å². The van der Waals surface area contributed by atoms with Crippen LogP contribution in [0.25, 0.3) is 0 Å². The Kier molecular flexibility index (Phi) is 4.46. The molecule has 112 valence electrons. The van der Waals surface area contributed by atoms with E-state index in [1.807, 2.05) is 51.1 Å². The Morgan fingerprint density at radius 2 is 1.81 bits per heavy atom. The molecule has 0 aliphatic carbocycles. The monoisotopic (exact) mass is 286 g/mol. The van der Waals surface area contributed by atoms with E-state index in [-0.39, 0.29) is 17.6 Å². The Bertz CT molecular complexity index is 696. The van der Waals surface area contributed by atoms with Crippen LogP contribution in [-0.2, 0) is 6.42 Å². The van der Waals surface area contributed by atoms with Crippen molar-refractivity contribution >= 4 is 5.91 Å². The van der Waals surface area contributed by atoms with Crippen molar-refractivity contribution in [3.05, 3.63) is 57.8 Å². The summed E-state index contributed by atoms with van der Waals surface area (Å²) in [5, 5.41) is 0. The van der Waals surface area contributed by atoms with E-state index < -0.39 is 0 Å². The van der Waals surface area contributed by atoms with Crippen molar-refractivity contribution in [1.29, 1.82) is 0 Å². The molecule has 0 aliphatic rings. The Labute approximate surface area is 125 Å². The lowest BCUT2D eigenvalue weighted by atomic mass is 10.1. The van der Waals surface area contributed by atoms with E-state index in [0.29, 0.717) is 12.8 Å². The van der Waals surface area contributed by atoms with Gasteiger partial charge in [-0.05, 0) is 25.8 Å². The summed E-state index contributed by atoms with van der Waals surface area (Å²) in [6, 6.07) is 9.79. The molecule has 4 nitrogen and oxygen atoms in total. The molecule has 0 fully saturated rings. The van der Waals surface area contributed by atoms with Crippen molar-refractivity contribution in [2.24, 2.45) is 0 Å². The molecule has 0 aliphatic heterocycles. The van der Waals surface area contributed by atoms with E-state index in [0.717, 1.165) is 17.0 Å². The van der Waals surface area contributed by atoms with E-state index in [9.17, 15) is 9.59 Å². The summed E-state index contributed by atoms with van der Waals surface area (Å²) >= 11 is 0. The van der Waals surface area contributed by atoms with Crippen molar-refractivity contribution in [1.82, 2.24) is 9.13 Å². The molecule has 0 radical (unpaired) electrons. The highest BCUT2D eigenvalue weighted by molar-refractivity contribution is 5.79. The Morgan fingerprint density at radius 3 is 2.33 bits per heavy atom. The molecule has 0 N–H and O–H groups in total. The van der Waals surface area contributed by atoms with Crippen LogP contribution in [0.5, 0.6) is 0 Å². The molecule has 1 aromatic carbocycles. The molecule has 0 spiro atoms. The predicted octanol–water partition coefficient (Wildman–Crippen LogP) is 3.18. The summed E-state index contributed by atoms with van der Waals surface area (Å²) in [5.41, 5.74) is 2.52. The topological polar surface area (TPSA) is 44.0 Å². The summed E-state index contributed by atoms with van der Waals surface area (Å²) in [5.74, 6) is -0.140. The van der Waals surface area contributed by atoms with Crippen LogP contribution in [-0.4, -0.2) is 15.0 Å². The van der Waals surface area contributed by atoms with Gasteiger partial charge in [-0.2, -0.15) is 0 Å². The zero-order chi connectivity index (χ0) is 15.6. The first-order valence-electron chi connectivity index (χ1n) is 7.43. The number of hydrogen-bond acceptors (Lipinski definition) is 2. The highest BCUT2D eigenvalue weighted by atomic mass is 16.2. The lowest BCUT2D eigenvalue weighted by Crippen LogP contribution is -2.31. The summed E-state index contributed by atoms with van der Waals surface area (Å²) < 4.78 is 3.07. The molecule has 0 amide bonds. The van der Waals surface area contributed by atoms with Gasteiger partial charge in [0.15, 0.2) is 0 Å². The van der Waals surface area contributed by atoms with Crippen molar-refractivity contribution in [2.75, 3.05) is 0 Å². The van der Waals surface area contributed by atoms with Crippen LogP contribution in [0.2, 0.25) is 0 Å². The summed E-state index contributed by atoms with van der Waals surface area (Å²) in [6.07, 6.45) is 0.997. The fourth-order valence-corrected chi connectivity index (χ4v) is 2.83. The second kappa shape index (κ2) is 6.12. The Hall–Kier alpha value is -2.10. The average Bonchev–Trinajstić information content (AvgIpc) is 2.77. The van der Waals surface area contributed by atoms with Gasteiger partial charge in [0.2, 0.25) is 5.91 Å². The number of hydrogen-bond donors (Lipinski definition) is 0. The molecule has 2 rings (SSSR count). The maximum absolute atomic E-state index is 12.7. The number of benzene rings is 1. The van der Waals surface area contributed by atoms with Gasteiger partial charge < -0.3 is 0 Å². The Balaban J connectivity index is 2.63. The van der Waals surface area contributed by atoms with Gasteiger partial charge in [-0.25, -0.2) is 9.36 Å². The van der Waals surface area contributed by atoms with Gasteiger partial charge >= 0.3 is 5.69 Å². The number of nitrogens with zero attached hydrogens (tertiary/aromatic N) is 2. The third-order valence-corrected chi connectivity index (χ3v) is 4.00. The molecule has 21 heavy (non-hydrogen) atoms. The second-order valence-electron chi connectivity index (χ2n) is 5.21. The van der Waals surface area contributed by atoms with Gasteiger partial charge in [0.1, 0.15) is 0 Å². The highest BCUT2D eigenvalue weighted by Crippen LogP contribution is 2.20. The van der Waals surface area contributed by atoms with Crippen molar-refractivity contribution in [3.8, 4) is 0 Å². The highest BCUT2D eigenvalue weighted by Gasteiger charge is 2.22. The van der Waals surface area contributed by atoms with Crippen molar-refractivity contribution in [2.45, 2.75) is 46.6 Å². The quantitative estimate of drug-likeness (QED) is 0.866. The lowest BCUT2D eigenvalue weighted by molar-refractivity contribution is 0.0900. The van der Waals surface area contributed by atoms with Gasteiger partial charge in [-0.3, -0.25) is 9.36 Å². The number of carbonyl (C=O) groups is 1. The number of rotatable bonds is 4. The van der Waals surface area contributed by atoms with Gasteiger partial charge in [0.05, 0.1) is 6.04 Å². The maximum atomic E-state index is 12.7. The van der Waals surface area contributed by atoms with Crippen LogP contribution >= 0.6 is 0 Å². The number of imidazole rings is 1. The van der Waals surface area contributed by atoms with Gasteiger partial charge in [0, 0.05) is 17.8 Å². The minimum absolute atomic E-state index is 0.0880. The second-order valence-corrected chi connectivity index (χ2v) is 5.21. The lowest BCUT2D eigenvalue weighted by Gasteiger charge is -2.14. The van der Waals surface area contributed by atoms with E-state index in [4.69, 9.17) is 0 Å². The molecule has 1 aromatic heterocycles. The fourth-order valence-electron chi connectivity index (χ4n) is 2.83. The summed E-state index contributed by atoms with van der Waals surface area (Å²) in [4.78, 5) is 24.8. The first-order chi connectivity index (χ1) is 10.0. The molecule has 4 heteroatoms. The van der Waals surface area contributed by atoms with Crippen molar-refractivity contribution in [3.63, 3.8) is 0 Å². The first kappa shape index (κ1) is 15.3. The summed E-state index contributed by atoms with van der Waals surface area (Å²) in [6.45, 7) is 7.66. The molecule has 2 aromatic rings. The fraction of sp³-hybridized carbons (Fsp3) is 0.412. The van der Waals surface area contributed by atoms with Crippen LogP contribution in [0.3, 0.4) is 0 Å². The van der Waals surface area contributed by atoms with Crippen LogP contribution < -0.4 is 5.69 Å². The first-order valence-corrected chi connectivity index (χ1v) is 7.43. The molecular formula is C17H22N2O2. The van der Waals surface area contributed by atoms with E-state index in [2.05, 4.69) is 0 Å². The number of aromatic nitrogens is 2. The molecule has 0 bridgehead atoms. The van der Waals surface area contributed by atoms with Crippen LogP contribution in [0.15, 0.2) is 35.1 Å². The molecule has 1 atom stereocenters. The molecule has 0 saturated heterocycles. The van der Waals surface area contributed by atoms with E-state index in [1.54, 1.807) is 11.5 Å². The predicted molar refractivity (Wildman–Crippen MR) is 84.0 cm³/mol. The third-order valence-electron chi connectivity index (χ3n) is 4.00. The van der Waals surface area contributed by atoms with Crippen LogP contribution in [0.1, 0.15) is 55.0 Å². The largest absolute Gasteiger partial charge is 0.335 e. The molecular weight excluding hydrogens is 264 g/mol. The standard InChI is InChI=1S/C17H22N2O2/c1-5-15-13(4)18(17(21)19(15)16(20)6-2)12(3)14-10-8-7-9-11-14/h7-12H,5-6H2,1-4H3/t12-/m0/s1. The molecule has 0 saturated carbocycles.